The Morgan fingerprint density at radius 1 is 0.556 bits per heavy atom. The molecular weight excluding hydrogens is 795 g/mol. The van der Waals surface area contributed by atoms with E-state index >= 15 is 0 Å². The Balaban J connectivity index is 2.39. The van der Waals surface area contributed by atoms with Gasteiger partial charge < -0.3 is 45.4 Å². The van der Waals surface area contributed by atoms with Crippen LogP contribution >= 0.6 is 0 Å². The number of unbranched alkanes of at least 4 members (excludes halogenated alkanes) is 23. The minimum absolute atomic E-state index is 0.286. The molecule has 10 heteroatoms. The zero-order valence-corrected chi connectivity index (χ0v) is 39.9. The average molecular weight is 890 g/mol. The molecule has 0 aliphatic carbocycles. The summed E-state index contributed by atoms with van der Waals surface area (Å²) in [5, 5.41) is 64.8. The molecule has 1 aliphatic heterocycles. The Bertz CT molecular complexity index is 1190. The predicted molar refractivity (Wildman–Crippen MR) is 259 cm³/mol. The monoisotopic (exact) mass is 890 g/mol. The van der Waals surface area contributed by atoms with Gasteiger partial charge in [-0.3, -0.25) is 4.79 Å². The van der Waals surface area contributed by atoms with Gasteiger partial charge in [0.2, 0.25) is 5.91 Å². The molecule has 0 spiro atoms. The smallest absolute Gasteiger partial charge is 0.249 e. The summed E-state index contributed by atoms with van der Waals surface area (Å²) in [6, 6.07) is -1.01. The van der Waals surface area contributed by atoms with Crippen LogP contribution in [0.2, 0.25) is 0 Å². The highest BCUT2D eigenvalue weighted by Crippen LogP contribution is 2.22. The Morgan fingerprint density at radius 3 is 1.48 bits per heavy atom. The lowest BCUT2D eigenvalue weighted by Gasteiger charge is -2.40. The van der Waals surface area contributed by atoms with Gasteiger partial charge in [-0.25, -0.2) is 0 Å². The maximum Gasteiger partial charge on any atom is 0.249 e. The first-order valence-electron chi connectivity index (χ1n) is 25.6. The summed E-state index contributed by atoms with van der Waals surface area (Å²) in [6.45, 7) is 3.57. The standard InChI is InChI=1S/C53H95NO9/c1-3-5-7-9-11-13-15-17-19-21-22-23-24-25-26-28-30-32-34-36-38-40-42-47(57)52(61)54-45(44-62-53-51(60)50(59)49(58)48(43-55)63-53)46(56)41-39-37-35-33-31-29-27-20-18-16-14-12-10-8-6-4-2/h18,20,22-23,25-26,31,33,39,41,45-51,53,55-60H,3-17,19,21,24,27-30,32,34-38,40,42-44H2,1-2H3,(H,54,61)/b20-18+,23-22-,26-25-,33-31+,41-39+. The number of carbonyl (C=O) groups is 1. The number of hydrogen-bond acceptors (Lipinski definition) is 9. The largest absolute Gasteiger partial charge is 0.394 e. The zero-order chi connectivity index (χ0) is 46.0. The Morgan fingerprint density at radius 2 is 0.984 bits per heavy atom. The molecule has 10 nitrogen and oxygen atoms in total. The molecule has 1 rings (SSSR count). The highest BCUT2D eigenvalue weighted by Gasteiger charge is 2.44. The average Bonchev–Trinajstić information content (AvgIpc) is 3.28. The summed E-state index contributed by atoms with van der Waals surface area (Å²) in [5.41, 5.74) is 0. The molecule has 0 bridgehead atoms. The van der Waals surface area contributed by atoms with Crippen LogP contribution in [0.15, 0.2) is 60.8 Å². The normalized spacial score (nSPS) is 21.2. The van der Waals surface area contributed by atoms with Crippen LogP contribution < -0.4 is 5.32 Å². The number of ether oxygens (including phenoxy) is 2. The first-order chi connectivity index (χ1) is 30.8. The number of carbonyl (C=O) groups excluding carboxylic acids is 1. The van der Waals surface area contributed by atoms with Gasteiger partial charge in [-0.2, -0.15) is 0 Å². The molecule has 8 atom stereocenters. The molecule has 0 radical (unpaired) electrons. The summed E-state index contributed by atoms with van der Waals surface area (Å²) in [7, 11) is 0. The van der Waals surface area contributed by atoms with Crippen LogP contribution in [-0.2, 0) is 14.3 Å². The maximum atomic E-state index is 13.1. The van der Waals surface area contributed by atoms with Crippen molar-refractivity contribution in [2.45, 2.75) is 255 Å². The van der Waals surface area contributed by atoms with Gasteiger partial charge in [0.25, 0.3) is 0 Å². The molecule has 0 aromatic rings. The van der Waals surface area contributed by atoms with Crippen molar-refractivity contribution in [3.8, 4) is 0 Å². The van der Waals surface area contributed by atoms with Crippen molar-refractivity contribution in [1.29, 1.82) is 0 Å². The second-order valence-corrected chi connectivity index (χ2v) is 17.7. The highest BCUT2D eigenvalue weighted by molar-refractivity contribution is 5.80. The molecule has 1 saturated heterocycles. The number of rotatable bonds is 42. The molecule has 366 valence electrons. The molecule has 1 fully saturated rings. The Labute approximate surface area is 384 Å². The van der Waals surface area contributed by atoms with Crippen molar-refractivity contribution in [1.82, 2.24) is 5.32 Å². The maximum absolute atomic E-state index is 13.1. The first kappa shape index (κ1) is 58.9. The van der Waals surface area contributed by atoms with E-state index in [9.17, 15) is 35.4 Å². The van der Waals surface area contributed by atoms with E-state index in [2.05, 4.69) is 67.8 Å². The van der Waals surface area contributed by atoms with Crippen LogP contribution in [0, 0.1) is 0 Å². The summed E-state index contributed by atoms with van der Waals surface area (Å²) in [5.74, 6) is -0.640. The van der Waals surface area contributed by atoms with Crippen LogP contribution in [0.25, 0.3) is 0 Å². The molecule has 0 saturated carbocycles. The fourth-order valence-corrected chi connectivity index (χ4v) is 7.69. The number of allylic oxidation sites excluding steroid dienone is 9. The molecule has 63 heavy (non-hydrogen) atoms. The number of aliphatic hydroxyl groups is 6. The molecule has 1 heterocycles. The van der Waals surface area contributed by atoms with Gasteiger partial charge in [-0.05, 0) is 77.0 Å². The molecule has 8 unspecified atom stereocenters. The third kappa shape index (κ3) is 32.2. The third-order valence-corrected chi connectivity index (χ3v) is 11.9. The van der Waals surface area contributed by atoms with E-state index in [4.69, 9.17) is 9.47 Å². The van der Waals surface area contributed by atoms with Gasteiger partial charge >= 0.3 is 0 Å². The molecular formula is C53H95NO9. The highest BCUT2D eigenvalue weighted by atomic mass is 16.7. The summed E-state index contributed by atoms with van der Waals surface area (Å²) >= 11 is 0. The van der Waals surface area contributed by atoms with E-state index < -0.39 is 61.5 Å². The van der Waals surface area contributed by atoms with E-state index in [1.54, 1.807) is 6.08 Å². The lowest BCUT2D eigenvalue weighted by Crippen LogP contribution is -2.60. The van der Waals surface area contributed by atoms with Crippen molar-refractivity contribution in [3.05, 3.63) is 60.8 Å². The zero-order valence-electron chi connectivity index (χ0n) is 39.9. The van der Waals surface area contributed by atoms with E-state index in [0.717, 1.165) is 70.6 Å². The van der Waals surface area contributed by atoms with Crippen molar-refractivity contribution < 1.29 is 44.9 Å². The molecule has 0 aromatic heterocycles. The van der Waals surface area contributed by atoms with Gasteiger partial charge in [0.1, 0.15) is 30.5 Å². The lowest BCUT2D eigenvalue weighted by molar-refractivity contribution is -0.302. The minimum Gasteiger partial charge on any atom is -0.394 e. The van der Waals surface area contributed by atoms with Crippen molar-refractivity contribution in [2.75, 3.05) is 13.2 Å². The van der Waals surface area contributed by atoms with E-state index in [1.165, 1.54) is 103 Å². The van der Waals surface area contributed by atoms with Crippen LogP contribution in [0.4, 0.5) is 0 Å². The van der Waals surface area contributed by atoms with Crippen LogP contribution in [0.3, 0.4) is 0 Å². The van der Waals surface area contributed by atoms with Gasteiger partial charge in [0, 0.05) is 0 Å². The van der Waals surface area contributed by atoms with Crippen LogP contribution in [0.5, 0.6) is 0 Å². The predicted octanol–water partition coefficient (Wildman–Crippen LogP) is 10.5. The van der Waals surface area contributed by atoms with E-state index in [1.807, 2.05) is 6.08 Å². The topological polar surface area (TPSA) is 169 Å². The first-order valence-corrected chi connectivity index (χ1v) is 25.6. The number of aliphatic hydroxyl groups excluding tert-OH is 6. The lowest BCUT2D eigenvalue weighted by atomic mass is 9.99. The van der Waals surface area contributed by atoms with Crippen LogP contribution in [0.1, 0.15) is 206 Å². The van der Waals surface area contributed by atoms with Crippen molar-refractivity contribution in [3.63, 3.8) is 0 Å². The van der Waals surface area contributed by atoms with Crippen LogP contribution in [-0.4, -0.2) is 98.7 Å². The number of nitrogens with one attached hydrogen (secondary N) is 1. The Kier molecular flexibility index (Phi) is 39.7. The minimum atomic E-state index is -1.62. The Hall–Kier alpha value is -2.15. The molecule has 7 N–H and O–H groups in total. The molecule has 1 amide bonds. The number of hydrogen-bond donors (Lipinski definition) is 7. The van der Waals surface area contributed by atoms with E-state index in [0.29, 0.717) is 12.8 Å². The number of amides is 1. The fraction of sp³-hybridized carbons (Fsp3) is 0.792. The quantitative estimate of drug-likeness (QED) is 0.0233. The van der Waals surface area contributed by atoms with Gasteiger partial charge in [0.15, 0.2) is 6.29 Å². The summed E-state index contributed by atoms with van der Waals surface area (Å²) in [6.07, 6.45) is 45.9. The fourth-order valence-electron chi connectivity index (χ4n) is 7.69. The molecule has 0 aromatic carbocycles. The third-order valence-electron chi connectivity index (χ3n) is 11.9. The SMILES string of the molecule is CCCCCCCC/C=C/CC/C=C/CC/C=C/C(O)C(COC1OC(CO)C(O)C(O)C1O)NC(=O)C(O)CCCCCCCC/C=C\C/C=C\CCCCCCCCCCC. The van der Waals surface area contributed by atoms with E-state index in [-0.39, 0.29) is 13.0 Å². The van der Waals surface area contributed by atoms with Gasteiger partial charge in [0.05, 0.1) is 25.4 Å². The second-order valence-electron chi connectivity index (χ2n) is 17.7. The van der Waals surface area contributed by atoms with Gasteiger partial charge in [-0.1, -0.05) is 190 Å². The second kappa shape index (κ2) is 42.5. The van der Waals surface area contributed by atoms with Crippen molar-refractivity contribution in [2.24, 2.45) is 0 Å². The van der Waals surface area contributed by atoms with Gasteiger partial charge in [-0.15, -0.1) is 0 Å². The summed E-state index contributed by atoms with van der Waals surface area (Å²) < 4.78 is 11.1. The molecule has 1 aliphatic rings. The summed E-state index contributed by atoms with van der Waals surface area (Å²) in [4.78, 5) is 13.1. The van der Waals surface area contributed by atoms with Crippen molar-refractivity contribution >= 4 is 5.91 Å².